The summed E-state index contributed by atoms with van der Waals surface area (Å²) in [5.41, 5.74) is 0. The zero-order valence-electron chi connectivity index (χ0n) is 7.16. The Hall–Kier alpha value is 0.350. The molecule has 2 nitrogen and oxygen atoms in total. The fourth-order valence-electron chi connectivity index (χ4n) is 0.961. The smallest absolute Gasteiger partial charge is 0.149 e. The number of nitrogens with zero attached hydrogens (tertiary/aromatic N) is 1. The second kappa shape index (κ2) is 5.06. The average Bonchev–Trinajstić information content (AvgIpc) is 1.81. The summed E-state index contributed by atoms with van der Waals surface area (Å²) in [5.74, 6) is 0. The molecular weight excluding hydrogens is 145 g/mol. The largest absolute Gasteiger partial charge is 0.329 e. The zero-order chi connectivity index (χ0) is 8.15. The Labute approximate surface area is 66.2 Å². The van der Waals surface area contributed by atoms with Gasteiger partial charge in [-0.1, -0.05) is 0 Å². The van der Waals surface area contributed by atoms with Gasteiger partial charge < -0.3 is 4.52 Å². The summed E-state index contributed by atoms with van der Waals surface area (Å²) in [6.45, 7) is 9.18. The Balaban J connectivity index is 3.73. The van der Waals surface area contributed by atoms with E-state index in [2.05, 4.69) is 42.1 Å². The van der Waals surface area contributed by atoms with Crippen molar-refractivity contribution >= 4 is 9.47 Å². The predicted octanol–water partition coefficient (Wildman–Crippen LogP) is 2.40. The molecule has 0 aromatic rings. The summed E-state index contributed by atoms with van der Waals surface area (Å²) in [5, 5.41) is 0. The van der Waals surface area contributed by atoms with Crippen molar-refractivity contribution in [2.45, 2.75) is 39.8 Å². The van der Waals surface area contributed by atoms with Crippen LogP contribution in [0.5, 0.6) is 0 Å². The second-order valence-electron chi connectivity index (χ2n) is 2.96. The van der Waals surface area contributed by atoms with Crippen LogP contribution in [0.3, 0.4) is 0 Å². The quantitative estimate of drug-likeness (QED) is 0.463. The highest BCUT2D eigenvalue weighted by atomic mass is 31.0. The van der Waals surface area contributed by atoms with Crippen molar-refractivity contribution in [3.8, 4) is 0 Å². The van der Waals surface area contributed by atoms with E-state index in [-0.39, 0.29) is 0 Å². The van der Waals surface area contributed by atoms with Crippen LogP contribution in [0, 0.1) is 0 Å². The van der Waals surface area contributed by atoms with Crippen molar-refractivity contribution < 1.29 is 4.52 Å². The van der Waals surface area contributed by atoms with Crippen molar-refractivity contribution in [2.75, 3.05) is 6.73 Å². The summed E-state index contributed by atoms with van der Waals surface area (Å²) in [4.78, 5) is 2.22. The molecule has 0 aromatic carbocycles. The molecule has 0 aromatic heterocycles. The molecule has 0 atom stereocenters. The van der Waals surface area contributed by atoms with Gasteiger partial charge >= 0.3 is 0 Å². The highest BCUT2D eigenvalue weighted by Gasteiger charge is 2.11. The van der Waals surface area contributed by atoms with E-state index in [4.69, 9.17) is 4.52 Å². The van der Waals surface area contributed by atoms with E-state index in [9.17, 15) is 0 Å². The van der Waals surface area contributed by atoms with Crippen LogP contribution >= 0.6 is 9.47 Å². The van der Waals surface area contributed by atoms with Gasteiger partial charge in [0.1, 0.15) is 16.2 Å². The van der Waals surface area contributed by atoms with Crippen LogP contribution in [-0.2, 0) is 4.52 Å². The van der Waals surface area contributed by atoms with E-state index in [1.807, 2.05) is 0 Å². The molecule has 0 spiro atoms. The van der Waals surface area contributed by atoms with Gasteiger partial charge in [-0.3, -0.25) is 4.90 Å². The molecule has 0 unspecified atom stereocenters. The van der Waals surface area contributed by atoms with Crippen LogP contribution in [0.2, 0.25) is 0 Å². The van der Waals surface area contributed by atoms with Gasteiger partial charge in [-0.25, -0.2) is 0 Å². The SMILES string of the molecule is CC(C)N(CO[P])C(C)C. The van der Waals surface area contributed by atoms with Gasteiger partial charge in [0.2, 0.25) is 0 Å². The Morgan fingerprint density at radius 1 is 1.20 bits per heavy atom. The molecule has 0 N–H and O–H groups in total. The van der Waals surface area contributed by atoms with Crippen molar-refractivity contribution in [1.82, 2.24) is 4.90 Å². The molecule has 0 aliphatic carbocycles. The summed E-state index contributed by atoms with van der Waals surface area (Å²) >= 11 is 0. The van der Waals surface area contributed by atoms with Crippen molar-refractivity contribution in [3.63, 3.8) is 0 Å². The lowest BCUT2D eigenvalue weighted by atomic mass is 10.2. The van der Waals surface area contributed by atoms with Crippen molar-refractivity contribution in [3.05, 3.63) is 0 Å². The van der Waals surface area contributed by atoms with E-state index >= 15 is 0 Å². The molecule has 0 amide bonds. The van der Waals surface area contributed by atoms with Gasteiger partial charge in [0.25, 0.3) is 0 Å². The van der Waals surface area contributed by atoms with Gasteiger partial charge in [0.05, 0.1) is 0 Å². The molecule has 3 heteroatoms. The lowest BCUT2D eigenvalue weighted by Crippen LogP contribution is -2.37. The summed E-state index contributed by atoms with van der Waals surface area (Å²) in [6, 6.07) is 1.04. The molecule has 0 saturated carbocycles. The van der Waals surface area contributed by atoms with Crippen molar-refractivity contribution in [2.24, 2.45) is 0 Å². The molecule has 0 fully saturated rings. The van der Waals surface area contributed by atoms with E-state index in [1.165, 1.54) is 0 Å². The Bertz CT molecular complexity index is 77.7. The third-order valence-electron chi connectivity index (χ3n) is 1.53. The number of rotatable bonds is 4. The fourth-order valence-corrected chi connectivity index (χ4v) is 1.09. The first-order chi connectivity index (χ1) is 4.59. The van der Waals surface area contributed by atoms with E-state index in [0.717, 1.165) is 0 Å². The van der Waals surface area contributed by atoms with Crippen LogP contribution in [-0.4, -0.2) is 23.7 Å². The third-order valence-corrected chi connectivity index (χ3v) is 1.65. The van der Waals surface area contributed by atoms with E-state index in [1.54, 1.807) is 0 Å². The molecule has 2 radical (unpaired) electrons. The zero-order valence-corrected chi connectivity index (χ0v) is 8.06. The molecule has 0 saturated heterocycles. The first-order valence-electron chi connectivity index (χ1n) is 3.61. The molecule has 0 aliphatic heterocycles. The summed E-state index contributed by atoms with van der Waals surface area (Å²) < 4.78 is 4.75. The van der Waals surface area contributed by atoms with Crippen LogP contribution in [0.1, 0.15) is 27.7 Å². The maximum absolute atomic E-state index is 4.75. The standard InChI is InChI=1S/C7H16NOP/c1-6(2)8(5-9-10)7(3)4/h6-7H,5H2,1-4H3. The minimum absolute atomic E-state index is 0.521. The molecule has 0 rings (SSSR count). The molecule has 10 heavy (non-hydrogen) atoms. The van der Waals surface area contributed by atoms with Crippen LogP contribution in [0.25, 0.3) is 0 Å². The molecule has 0 aliphatic rings. The predicted molar refractivity (Wildman–Crippen MR) is 45.0 cm³/mol. The molecular formula is C7H16NOP. The first-order valence-corrected chi connectivity index (χ1v) is 3.98. The van der Waals surface area contributed by atoms with Gasteiger partial charge in [-0.05, 0) is 27.7 Å². The lowest BCUT2D eigenvalue weighted by molar-refractivity contribution is 0.0814. The molecule has 60 valence electrons. The topological polar surface area (TPSA) is 12.5 Å². The van der Waals surface area contributed by atoms with Gasteiger partial charge in [-0.2, -0.15) is 0 Å². The minimum Gasteiger partial charge on any atom is -0.329 e. The maximum Gasteiger partial charge on any atom is 0.149 e. The minimum atomic E-state index is 0.521. The van der Waals surface area contributed by atoms with Gasteiger partial charge in [0.15, 0.2) is 0 Å². The van der Waals surface area contributed by atoms with Gasteiger partial charge in [0, 0.05) is 12.1 Å². The first kappa shape index (κ1) is 10.3. The average molecular weight is 161 g/mol. The monoisotopic (exact) mass is 161 g/mol. The fraction of sp³-hybridized carbons (Fsp3) is 1.00. The molecule has 0 heterocycles. The second-order valence-corrected chi connectivity index (χ2v) is 3.22. The Kier molecular flexibility index (Phi) is 5.24. The van der Waals surface area contributed by atoms with E-state index < -0.39 is 0 Å². The highest BCUT2D eigenvalue weighted by Crippen LogP contribution is 2.05. The molecule has 0 bridgehead atoms. The maximum atomic E-state index is 4.75. The number of hydrogen-bond acceptors (Lipinski definition) is 2. The van der Waals surface area contributed by atoms with Crippen LogP contribution < -0.4 is 0 Å². The third kappa shape index (κ3) is 3.50. The Morgan fingerprint density at radius 2 is 1.60 bits per heavy atom. The number of hydrogen-bond donors (Lipinski definition) is 0. The van der Waals surface area contributed by atoms with Crippen LogP contribution in [0.15, 0.2) is 0 Å². The Morgan fingerprint density at radius 3 is 1.70 bits per heavy atom. The summed E-state index contributed by atoms with van der Waals surface area (Å²) in [6.07, 6.45) is 0. The van der Waals surface area contributed by atoms with E-state index in [0.29, 0.717) is 18.8 Å². The normalized spacial score (nSPS) is 12.0. The van der Waals surface area contributed by atoms with Crippen molar-refractivity contribution in [1.29, 1.82) is 0 Å². The van der Waals surface area contributed by atoms with Gasteiger partial charge in [-0.15, -0.1) is 0 Å². The van der Waals surface area contributed by atoms with Crippen LogP contribution in [0.4, 0.5) is 0 Å². The summed E-state index contributed by atoms with van der Waals surface area (Å²) in [7, 11) is 3.71. The lowest BCUT2D eigenvalue weighted by Gasteiger charge is -2.28. The highest BCUT2D eigenvalue weighted by molar-refractivity contribution is 7.09.